The Morgan fingerprint density at radius 2 is 1.55 bits per heavy atom. The van der Waals surface area contributed by atoms with E-state index in [2.05, 4.69) is 6.92 Å². The molecule has 2 rings (SSSR count). The van der Waals surface area contributed by atoms with E-state index in [0.717, 1.165) is 26.1 Å². The van der Waals surface area contributed by atoms with Gasteiger partial charge in [0.25, 0.3) is 0 Å². The van der Waals surface area contributed by atoms with E-state index in [9.17, 15) is 4.79 Å². The molecule has 0 N–H and O–H groups in total. The molecule has 2 aliphatic rings. The molecule has 2 fully saturated rings. The fourth-order valence-corrected chi connectivity index (χ4v) is 2.42. The first-order valence-electron chi connectivity index (χ1n) is 8.28. The maximum atomic E-state index is 12.1. The summed E-state index contributed by atoms with van der Waals surface area (Å²) < 4.78 is 22.1. The van der Waals surface area contributed by atoms with Crippen LogP contribution in [-0.2, 0) is 23.7 Å². The summed E-state index contributed by atoms with van der Waals surface area (Å²) in [4.78, 5) is 12.1. The van der Waals surface area contributed by atoms with Crippen molar-refractivity contribution in [3.63, 3.8) is 0 Å². The number of rotatable bonds is 9. The fraction of sp³-hybridized carbons (Fsp3) is 0.941. The molecule has 0 aromatic rings. The Kier molecular flexibility index (Phi) is 5.51. The zero-order valence-electron chi connectivity index (χ0n) is 14.4. The van der Waals surface area contributed by atoms with Crippen molar-refractivity contribution < 1.29 is 23.7 Å². The molecule has 5 nitrogen and oxygen atoms in total. The maximum absolute atomic E-state index is 12.1. The van der Waals surface area contributed by atoms with E-state index < -0.39 is 5.41 Å². The molecule has 0 aliphatic carbocycles. The molecule has 128 valence electrons. The molecule has 2 saturated heterocycles. The maximum Gasteiger partial charge on any atom is 0.311 e. The summed E-state index contributed by atoms with van der Waals surface area (Å²) in [5.74, 6) is -0.140. The summed E-state index contributed by atoms with van der Waals surface area (Å²) in [6.45, 7) is 12.4. The highest BCUT2D eigenvalue weighted by molar-refractivity contribution is 5.75. The van der Waals surface area contributed by atoms with Gasteiger partial charge in [0, 0.05) is 5.41 Å². The van der Waals surface area contributed by atoms with Crippen LogP contribution < -0.4 is 0 Å². The molecular weight excluding hydrogens is 284 g/mol. The van der Waals surface area contributed by atoms with Crippen LogP contribution in [0.2, 0.25) is 0 Å². The Labute approximate surface area is 133 Å². The summed E-state index contributed by atoms with van der Waals surface area (Å²) in [5.41, 5.74) is -0.409. The fourth-order valence-electron chi connectivity index (χ4n) is 2.42. The molecule has 2 heterocycles. The van der Waals surface area contributed by atoms with E-state index in [1.807, 2.05) is 20.8 Å². The van der Waals surface area contributed by atoms with E-state index >= 15 is 0 Å². The Hall–Kier alpha value is -0.650. The Bertz CT molecular complexity index is 377. The third-order valence-corrected chi connectivity index (χ3v) is 5.15. The summed E-state index contributed by atoms with van der Waals surface area (Å²) in [7, 11) is 0. The highest BCUT2D eigenvalue weighted by atomic mass is 16.6. The summed E-state index contributed by atoms with van der Waals surface area (Å²) >= 11 is 0. The molecule has 0 aromatic carbocycles. The van der Waals surface area contributed by atoms with Crippen LogP contribution in [0.4, 0.5) is 0 Å². The normalized spacial score (nSPS) is 22.5. The van der Waals surface area contributed by atoms with Gasteiger partial charge < -0.3 is 18.9 Å². The third-order valence-electron chi connectivity index (χ3n) is 5.15. The summed E-state index contributed by atoms with van der Waals surface area (Å²) in [5, 5.41) is 0. The van der Waals surface area contributed by atoms with Gasteiger partial charge in [0.15, 0.2) is 0 Å². The number of hydrogen-bond donors (Lipinski definition) is 0. The van der Waals surface area contributed by atoms with Crippen LogP contribution in [0.5, 0.6) is 0 Å². The lowest BCUT2D eigenvalue weighted by molar-refractivity contribution is -0.206. The molecule has 0 saturated carbocycles. The van der Waals surface area contributed by atoms with E-state index in [1.165, 1.54) is 0 Å². The number of carbonyl (C=O) groups excluding carboxylic acids is 1. The number of esters is 1. The van der Waals surface area contributed by atoms with Crippen molar-refractivity contribution in [2.75, 3.05) is 46.2 Å². The van der Waals surface area contributed by atoms with Crippen molar-refractivity contribution in [2.45, 2.75) is 40.5 Å². The minimum atomic E-state index is -0.428. The van der Waals surface area contributed by atoms with Crippen molar-refractivity contribution in [3.8, 4) is 0 Å². The van der Waals surface area contributed by atoms with Gasteiger partial charge in [-0.3, -0.25) is 4.79 Å². The first-order valence-corrected chi connectivity index (χ1v) is 8.28. The molecule has 0 spiro atoms. The van der Waals surface area contributed by atoms with Gasteiger partial charge in [0.1, 0.15) is 6.61 Å². The average molecular weight is 314 g/mol. The van der Waals surface area contributed by atoms with Crippen molar-refractivity contribution in [3.05, 3.63) is 0 Å². The second-order valence-electron chi connectivity index (χ2n) is 7.65. The van der Waals surface area contributed by atoms with Gasteiger partial charge in [-0.2, -0.15) is 0 Å². The zero-order valence-corrected chi connectivity index (χ0v) is 14.4. The zero-order chi connectivity index (χ0) is 16.3. The van der Waals surface area contributed by atoms with Gasteiger partial charge in [0.2, 0.25) is 0 Å². The minimum absolute atomic E-state index is 0.140. The molecule has 0 aromatic heterocycles. The second-order valence-corrected chi connectivity index (χ2v) is 7.65. The van der Waals surface area contributed by atoms with E-state index in [1.54, 1.807) is 0 Å². The molecule has 0 atom stereocenters. The topological polar surface area (TPSA) is 54.0 Å². The Balaban J connectivity index is 1.76. The largest absolute Gasteiger partial charge is 0.464 e. The van der Waals surface area contributed by atoms with Crippen LogP contribution in [0.1, 0.15) is 40.5 Å². The molecular formula is C17H30O5. The molecule has 0 bridgehead atoms. The Morgan fingerprint density at radius 3 is 1.95 bits per heavy atom. The van der Waals surface area contributed by atoms with Gasteiger partial charge in [-0.05, 0) is 26.7 Å². The van der Waals surface area contributed by atoms with Crippen LogP contribution in [0.15, 0.2) is 0 Å². The SMILES string of the molecule is CCC1(COCC2(COC(=O)C(C)(C)CC)COC2)COC1. The van der Waals surface area contributed by atoms with Crippen LogP contribution in [0, 0.1) is 16.2 Å². The van der Waals surface area contributed by atoms with Crippen molar-refractivity contribution in [2.24, 2.45) is 16.2 Å². The van der Waals surface area contributed by atoms with Gasteiger partial charge in [-0.1, -0.05) is 13.8 Å². The van der Waals surface area contributed by atoms with Gasteiger partial charge >= 0.3 is 5.97 Å². The van der Waals surface area contributed by atoms with E-state index in [0.29, 0.717) is 33.0 Å². The van der Waals surface area contributed by atoms with Crippen LogP contribution >= 0.6 is 0 Å². The third kappa shape index (κ3) is 3.81. The summed E-state index contributed by atoms with van der Waals surface area (Å²) in [6.07, 6.45) is 1.83. The molecule has 22 heavy (non-hydrogen) atoms. The molecule has 0 unspecified atom stereocenters. The lowest BCUT2D eigenvalue weighted by atomic mass is 9.83. The number of hydrogen-bond acceptors (Lipinski definition) is 5. The minimum Gasteiger partial charge on any atom is -0.464 e. The summed E-state index contributed by atoms with van der Waals surface area (Å²) in [6, 6.07) is 0. The highest BCUT2D eigenvalue weighted by Crippen LogP contribution is 2.34. The van der Waals surface area contributed by atoms with E-state index in [-0.39, 0.29) is 16.8 Å². The second kappa shape index (κ2) is 6.85. The molecule has 5 heteroatoms. The molecule has 2 aliphatic heterocycles. The standard InChI is InChI=1S/C17H30O5/c1-5-15(3,4)14(18)22-13-17(11-21-12-17)10-20-9-16(6-2)7-19-8-16/h5-13H2,1-4H3. The average Bonchev–Trinajstić information content (AvgIpc) is 2.43. The molecule has 0 amide bonds. The van der Waals surface area contributed by atoms with Crippen LogP contribution in [-0.4, -0.2) is 52.2 Å². The predicted molar refractivity (Wildman–Crippen MR) is 82.6 cm³/mol. The van der Waals surface area contributed by atoms with Crippen LogP contribution in [0.25, 0.3) is 0 Å². The van der Waals surface area contributed by atoms with Gasteiger partial charge in [0.05, 0.1) is 50.5 Å². The van der Waals surface area contributed by atoms with Crippen LogP contribution in [0.3, 0.4) is 0 Å². The number of ether oxygens (including phenoxy) is 4. The first-order chi connectivity index (χ1) is 10.4. The lowest BCUT2D eigenvalue weighted by Crippen LogP contribution is -2.52. The van der Waals surface area contributed by atoms with Gasteiger partial charge in [-0.25, -0.2) is 0 Å². The van der Waals surface area contributed by atoms with Crippen molar-refractivity contribution >= 4 is 5.97 Å². The van der Waals surface area contributed by atoms with Gasteiger partial charge in [-0.15, -0.1) is 0 Å². The smallest absolute Gasteiger partial charge is 0.311 e. The molecule has 0 radical (unpaired) electrons. The first kappa shape index (κ1) is 17.7. The quantitative estimate of drug-likeness (QED) is 0.612. The Morgan fingerprint density at radius 1 is 1.00 bits per heavy atom. The van der Waals surface area contributed by atoms with Crippen molar-refractivity contribution in [1.29, 1.82) is 0 Å². The highest BCUT2D eigenvalue weighted by Gasteiger charge is 2.43. The predicted octanol–water partition coefficient (Wildman–Crippen LogP) is 2.43. The van der Waals surface area contributed by atoms with Crippen molar-refractivity contribution in [1.82, 2.24) is 0 Å². The van der Waals surface area contributed by atoms with E-state index in [4.69, 9.17) is 18.9 Å². The lowest BCUT2D eigenvalue weighted by Gasteiger charge is -2.44. The number of carbonyl (C=O) groups is 1. The monoisotopic (exact) mass is 314 g/mol.